The number of anilines is 2. The maximum atomic E-state index is 12.5. The summed E-state index contributed by atoms with van der Waals surface area (Å²) in [7, 11) is 0. The predicted molar refractivity (Wildman–Crippen MR) is 120 cm³/mol. The Morgan fingerprint density at radius 1 is 1.10 bits per heavy atom. The molecule has 0 saturated carbocycles. The number of aryl methyl sites for hydroxylation is 1. The van der Waals surface area contributed by atoms with E-state index in [9.17, 15) is 20.1 Å². The molecule has 2 aromatic carbocycles. The molecular weight excluding hydrogens is 394 g/mol. The molecule has 1 unspecified atom stereocenters. The van der Waals surface area contributed by atoms with E-state index in [4.69, 9.17) is 0 Å². The number of fused-ring (bicyclic) bond motifs is 1. The van der Waals surface area contributed by atoms with E-state index in [1.807, 2.05) is 18.2 Å². The largest absolute Gasteiger partial charge is 0.508 e. The molecule has 0 aromatic heterocycles. The molecule has 7 nitrogen and oxygen atoms in total. The first-order valence-corrected chi connectivity index (χ1v) is 11.0. The Hall–Kier alpha value is -2.61. The molecule has 0 spiro atoms. The molecule has 7 heteroatoms. The van der Waals surface area contributed by atoms with Crippen LogP contribution in [0.2, 0.25) is 0 Å². The quantitative estimate of drug-likeness (QED) is 0.456. The lowest BCUT2D eigenvalue weighted by Crippen LogP contribution is -2.42. The lowest BCUT2D eigenvalue weighted by Gasteiger charge is -2.32. The maximum absolute atomic E-state index is 12.5. The fraction of sp³-hybridized carbons (Fsp3) is 0.458. The van der Waals surface area contributed by atoms with Crippen LogP contribution in [0.5, 0.6) is 5.75 Å². The second kappa shape index (κ2) is 9.68. The monoisotopic (exact) mass is 425 g/mol. The Kier molecular flexibility index (Phi) is 6.75. The summed E-state index contributed by atoms with van der Waals surface area (Å²) in [4.78, 5) is 14.7. The van der Waals surface area contributed by atoms with Gasteiger partial charge in [-0.1, -0.05) is 6.07 Å². The molecule has 1 amide bonds. The van der Waals surface area contributed by atoms with Gasteiger partial charge in [0.05, 0.1) is 19.3 Å². The summed E-state index contributed by atoms with van der Waals surface area (Å²) in [5.74, 6) is 0.120. The van der Waals surface area contributed by atoms with Crippen LogP contribution in [0.1, 0.15) is 48.5 Å². The van der Waals surface area contributed by atoms with Gasteiger partial charge in [-0.05, 0) is 73.6 Å². The number of phenols is 1. The number of amides is 1. The van der Waals surface area contributed by atoms with Crippen molar-refractivity contribution < 1.29 is 20.1 Å². The van der Waals surface area contributed by atoms with E-state index in [2.05, 4.69) is 15.5 Å². The molecule has 1 heterocycles. The number of benzene rings is 2. The number of piperidine rings is 1. The molecule has 0 radical (unpaired) electrons. The Labute approximate surface area is 182 Å². The molecule has 2 aromatic rings. The number of carbonyl (C=O) groups is 1. The second-order valence-electron chi connectivity index (χ2n) is 8.56. The predicted octanol–water partition coefficient (Wildman–Crippen LogP) is 2.77. The number of rotatable bonds is 6. The van der Waals surface area contributed by atoms with Gasteiger partial charge in [0.25, 0.3) is 0 Å². The van der Waals surface area contributed by atoms with Crippen LogP contribution < -0.4 is 10.6 Å². The molecule has 4 rings (SSSR count). The lowest BCUT2D eigenvalue weighted by molar-refractivity contribution is -0.117. The van der Waals surface area contributed by atoms with Crippen molar-refractivity contribution >= 4 is 17.3 Å². The summed E-state index contributed by atoms with van der Waals surface area (Å²) in [6.45, 7) is 1.85. The number of hydrogen-bond donors (Lipinski definition) is 5. The first-order chi connectivity index (χ1) is 15.0. The minimum absolute atomic E-state index is 0.0242. The number of likely N-dealkylation sites (tertiary alicyclic amines) is 1. The molecule has 1 fully saturated rings. The normalized spacial score (nSPS) is 19.6. The zero-order chi connectivity index (χ0) is 21.8. The van der Waals surface area contributed by atoms with Crippen molar-refractivity contribution in [1.82, 2.24) is 4.90 Å². The molecule has 5 N–H and O–H groups in total. The minimum Gasteiger partial charge on any atom is -0.508 e. The topological polar surface area (TPSA) is 105 Å². The van der Waals surface area contributed by atoms with Crippen LogP contribution in [0.3, 0.4) is 0 Å². The van der Waals surface area contributed by atoms with E-state index < -0.39 is 6.10 Å². The Balaban J connectivity index is 1.26. The molecule has 1 saturated heterocycles. The average Bonchev–Trinajstić information content (AvgIpc) is 2.76. The highest BCUT2D eigenvalue weighted by atomic mass is 16.3. The van der Waals surface area contributed by atoms with Crippen LogP contribution in [0.4, 0.5) is 11.4 Å². The van der Waals surface area contributed by atoms with Gasteiger partial charge in [-0.25, -0.2) is 0 Å². The summed E-state index contributed by atoms with van der Waals surface area (Å²) in [5, 5.41) is 35.6. The number of nitrogens with one attached hydrogen (secondary N) is 2. The van der Waals surface area contributed by atoms with Gasteiger partial charge in [-0.15, -0.1) is 0 Å². The molecule has 0 bridgehead atoms. The summed E-state index contributed by atoms with van der Waals surface area (Å²) in [5.41, 5.74) is 4.42. The number of carbonyl (C=O) groups excluding carboxylic acids is 1. The molecule has 1 atom stereocenters. The van der Waals surface area contributed by atoms with Gasteiger partial charge in [0, 0.05) is 36.1 Å². The third-order valence-electron chi connectivity index (χ3n) is 6.28. The van der Waals surface area contributed by atoms with E-state index in [0.717, 1.165) is 67.7 Å². The van der Waals surface area contributed by atoms with Gasteiger partial charge in [-0.3, -0.25) is 9.69 Å². The minimum atomic E-state index is -0.390. The summed E-state index contributed by atoms with van der Waals surface area (Å²) >= 11 is 0. The molecule has 2 aliphatic rings. The van der Waals surface area contributed by atoms with Crippen molar-refractivity contribution in [3.05, 3.63) is 53.1 Å². The van der Waals surface area contributed by atoms with Crippen LogP contribution in [0.15, 0.2) is 36.4 Å². The smallest absolute Gasteiger partial charge is 0.238 e. The first-order valence-electron chi connectivity index (χ1n) is 11.0. The SMILES string of the molecule is O=C(CN1CCC(Nc2ccc(O)cc2CO)CC1)Nc1ccc2c(c1)CCCC2O. The fourth-order valence-corrected chi connectivity index (χ4v) is 4.58. The summed E-state index contributed by atoms with van der Waals surface area (Å²) < 4.78 is 0. The summed E-state index contributed by atoms with van der Waals surface area (Å²) in [6.07, 6.45) is 4.12. The van der Waals surface area contributed by atoms with Crippen LogP contribution in [-0.2, 0) is 17.8 Å². The van der Waals surface area contributed by atoms with Gasteiger partial charge in [0.1, 0.15) is 5.75 Å². The van der Waals surface area contributed by atoms with E-state index >= 15 is 0 Å². The lowest BCUT2D eigenvalue weighted by atomic mass is 9.89. The highest BCUT2D eigenvalue weighted by molar-refractivity contribution is 5.92. The highest BCUT2D eigenvalue weighted by Gasteiger charge is 2.22. The van der Waals surface area contributed by atoms with Gasteiger partial charge >= 0.3 is 0 Å². The van der Waals surface area contributed by atoms with Crippen molar-refractivity contribution in [2.75, 3.05) is 30.3 Å². The standard InChI is InChI=1S/C24H31N3O4/c28-15-17-13-20(29)5-7-22(17)25-18-8-10-27(11-9-18)14-24(31)26-19-4-6-21-16(12-19)2-1-3-23(21)30/h4-7,12-13,18,23,25,28-30H,1-3,8-11,14-15H2,(H,26,31). The summed E-state index contributed by atoms with van der Waals surface area (Å²) in [6, 6.07) is 11.0. The van der Waals surface area contributed by atoms with Crippen LogP contribution in [-0.4, -0.2) is 51.8 Å². The van der Waals surface area contributed by atoms with Crippen LogP contribution in [0, 0.1) is 0 Å². The molecule has 1 aliphatic heterocycles. The van der Waals surface area contributed by atoms with Crippen molar-refractivity contribution in [3.8, 4) is 5.75 Å². The fourth-order valence-electron chi connectivity index (χ4n) is 4.58. The van der Waals surface area contributed by atoms with E-state index in [0.29, 0.717) is 12.1 Å². The number of nitrogens with zero attached hydrogens (tertiary/aromatic N) is 1. The van der Waals surface area contributed by atoms with Crippen LogP contribution >= 0.6 is 0 Å². The Morgan fingerprint density at radius 2 is 1.90 bits per heavy atom. The number of phenolic OH excluding ortho intramolecular Hbond substituents is 1. The van der Waals surface area contributed by atoms with Crippen molar-refractivity contribution in [1.29, 1.82) is 0 Å². The van der Waals surface area contributed by atoms with E-state index in [1.54, 1.807) is 18.2 Å². The van der Waals surface area contributed by atoms with Gasteiger partial charge in [-0.2, -0.15) is 0 Å². The van der Waals surface area contributed by atoms with Gasteiger partial charge in [0.2, 0.25) is 5.91 Å². The third kappa shape index (κ3) is 5.36. The number of aromatic hydroxyl groups is 1. The van der Waals surface area contributed by atoms with Crippen LogP contribution in [0.25, 0.3) is 0 Å². The molecule has 1 aliphatic carbocycles. The zero-order valence-corrected chi connectivity index (χ0v) is 17.7. The van der Waals surface area contributed by atoms with E-state index in [1.165, 1.54) is 0 Å². The number of aliphatic hydroxyl groups is 2. The molecule has 166 valence electrons. The second-order valence-corrected chi connectivity index (χ2v) is 8.56. The molecular formula is C24H31N3O4. The van der Waals surface area contributed by atoms with Gasteiger partial charge in [0.15, 0.2) is 0 Å². The Bertz CT molecular complexity index is 925. The average molecular weight is 426 g/mol. The van der Waals surface area contributed by atoms with Crippen molar-refractivity contribution in [2.45, 2.75) is 50.9 Å². The van der Waals surface area contributed by atoms with E-state index in [-0.39, 0.29) is 24.3 Å². The number of aliphatic hydroxyl groups excluding tert-OH is 2. The highest BCUT2D eigenvalue weighted by Crippen LogP contribution is 2.31. The number of hydrogen-bond acceptors (Lipinski definition) is 6. The first kappa shape index (κ1) is 21.6. The zero-order valence-electron chi connectivity index (χ0n) is 17.7. The molecule has 31 heavy (non-hydrogen) atoms. The third-order valence-corrected chi connectivity index (χ3v) is 6.28. The van der Waals surface area contributed by atoms with Gasteiger partial charge < -0.3 is 26.0 Å². The maximum Gasteiger partial charge on any atom is 0.238 e. The Morgan fingerprint density at radius 3 is 2.68 bits per heavy atom. The van der Waals surface area contributed by atoms with Crippen molar-refractivity contribution in [2.24, 2.45) is 0 Å². The van der Waals surface area contributed by atoms with Crippen molar-refractivity contribution in [3.63, 3.8) is 0 Å².